The molecule has 0 saturated carbocycles. The number of aryl methyl sites for hydroxylation is 1. The van der Waals surface area contributed by atoms with Crippen molar-refractivity contribution in [1.82, 2.24) is 14.8 Å². The number of methoxy groups -OCH3 is 1. The molecule has 22 heavy (non-hydrogen) atoms. The standard InChI is InChI=1S/C17H18N4O/c1-12-19-20-17(14-5-7-15(18)8-6-14)21(12)11-13-3-9-16(22-2)10-4-13/h3-10H,11,18H2,1-2H3. The Balaban J connectivity index is 1.93. The van der Waals surface area contributed by atoms with Crippen molar-refractivity contribution in [2.45, 2.75) is 13.5 Å². The van der Waals surface area contributed by atoms with E-state index >= 15 is 0 Å². The number of hydrogen-bond donors (Lipinski definition) is 1. The van der Waals surface area contributed by atoms with Crippen LogP contribution in [0.2, 0.25) is 0 Å². The molecule has 0 amide bonds. The van der Waals surface area contributed by atoms with Crippen LogP contribution in [-0.4, -0.2) is 21.9 Å². The topological polar surface area (TPSA) is 66.0 Å². The number of nitrogen functional groups attached to an aromatic ring is 1. The molecule has 3 aromatic rings. The molecule has 5 nitrogen and oxygen atoms in total. The van der Waals surface area contributed by atoms with Gasteiger partial charge in [0.15, 0.2) is 5.82 Å². The number of benzene rings is 2. The van der Waals surface area contributed by atoms with Gasteiger partial charge in [-0.1, -0.05) is 12.1 Å². The van der Waals surface area contributed by atoms with E-state index in [1.807, 2.05) is 55.5 Å². The lowest BCUT2D eigenvalue weighted by Gasteiger charge is -2.10. The van der Waals surface area contributed by atoms with Crippen molar-refractivity contribution in [3.05, 3.63) is 59.9 Å². The molecule has 0 aliphatic carbocycles. The van der Waals surface area contributed by atoms with Crippen molar-refractivity contribution in [2.24, 2.45) is 0 Å². The molecule has 5 heteroatoms. The highest BCUT2D eigenvalue weighted by Crippen LogP contribution is 2.21. The monoisotopic (exact) mass is 294 g/mol. The van der Waals surface area contributed by atoms with Crippen LogP contribution in [0, 0.1) is 6.92 Å². The van der Waals surface area contributed by atoms with Gasteiger partial charge < -0.3 is 15.0 Å². The van der Waals surface area contributed by atoms with Crippen LogP contribution in [0.1, 0.15) is 11.4 Å². The molecule has 0 atom stereocenters. The summed E-state index contributed by atoms with van der Waals surface area (Å²) >= 11 is 0. The van der Waals surface area contributed by atoms with Crippen molar-refractivity contribution in [2.75, 3.05) is 12.8 Å². The van der Waals surface area contributed by atoms with Crippen LogP contribution in [0.25, 0.3) is 11.4 Å². The number of nitrogens with two attached hydrogens (primary N) is 1. The molecule has 0 unspecified atom stereocenters. The second kappa shape index (κ2) is 5.89. The smallest absolute Gasteiger partial charge is 0.164 e. The van der Waals surface area contributed by atoms with Gasteiger partial charge in [0.2, 0.25) is 0 Å². The lowest BCUT2D eigenvalue weighted by molar-refractivity contribution is 0.414. The first-order valence-corrected chi connectivity index (χ1v) is 7.06. The van der Waals surface area contributed by atoms with Crippen LogP contribution in [0.5, 0.6) is 5.75 Å². The fraction of sp³-hybridized carbons (Fsp3) is 0.176. The second-order valence-electron chi connectivity index (χ2n) is 5.13. The lowest BCUT2D eigenvalue weighted by Crippen LogP contribution is -2.04. The van der Waals surface area contributed by atoms with Gasteiger partial charge in [-0.05, 0) is 48.9 Å². The van der Waals surface area contributed by atoms with E-state index in [9.17, 15) is 0 Å². The van der Waals surface area contributed by atoms with Crippen LogP contribution < -0.4 is 10.5 Å². The predicted molar refractivity (Wildman–Crippen MR) is 86.7 cm³/mol. The molecule has 0 aliphatic heterocycles. The van der Waals surface area contributed by atoms with Crippen LogP contribution >= 0.6 is 0 Å². The molecule has 0 spiro atoms. The highest BCUT2D eigenvalue weighted by Gasteiger charge is 2.11. The van der Waals surface area contributed by atoms with Crippen LogP contribution in [0.4, 0.5) is 5.69 Å². The Morgan fingerprint density at radius 3 is 2.32 bits per heavy atom. The maximum atomic E-state index is 5.74. The summed E-state index contributed by atoms with van der Waals surface area (Å²) in [5.41, 5.74) is 8.65. The summed E-state index contributed by atoms with van der Waals surface area (Å²) in [6.45, 7) is 2.67. The van der Waals surface area contributed by atoms with Crippen LogP contribution in [0.15, 0.2) is 48.5 Å². The molecule has 2 N–H and O–H groups in total. The first kappa shape index (κ1) is 14.1. The van der Waals surface area contributed by atoms with Gasteiger partial charge in [-0.3, -0.25) is 0 Å². The average Bonchev–Trinajstić information content (AvgIpc) is 2.90. The summed E-state index contributed by atoms with van der Waals surface area (Å²) in [7, 11) is 1.66. The fourth-order valence-electron chi connectivity index (χ4n) is 2.33. The number of nitrogens with zero attached hydrogens (tertiary/aromatic N) is 3. The van der Waals surface area contributed by atoms with Crippen molar-refractivity contribution < 1.29 is 4.74 Å². The summed E-state index contributed by atoms with van der Waals surface area (Å²) in [6.07, 6.45) is 0. The highest BCUT2D eigenvalue weighted by molar-refractivity contribution is 5.59. The van der Waals surface area contributed by atoms with Gasteiger partial charge >= 0.3 is 0 Å². The third kappa shape index (κ3) is 2.79. The van der Waals surface area contributed by atoms with Crippen molar-refractivity contribution in [1.29, 1.82) is 0 Å². The fourth-order valence-corrected chi connectivity index (χ4v) is 2.33. The Labute approximate surface area is 129 Å². The maximum Gasteiger partial charge on any atom is 0.164 e. The van der Waals surface area contributed by atoms with E-state index in [0.29, 0.717) is 6.54 Å². The maximum absolute atomic E-state index is 5.74. The van der Waals surface area contributed by atoms with E-state index in [-0.39, 0.29) is 0 Å². The molecular weight excluding hydrogens is 276 g/mol. The lowest BCUT2D eigenvalue weighted by atomic mass is 10.1. The van der Waals surface area contributed by atoms with Gasteiger partial charge in [-0.15, -0.1) is 10.2 Å². The Bertz CT molecular complexity index is 760. The number of anilines is 1. The molecule has 3 rings (SSSR count). The first-order chi connectivity index (χ1) is 10.7. The molecule has 0 saturated heterocycles. The molecule has 2 aromatic carbocycles. The van der Waals surface area contributed by atoms with Gasteiger partial charge in [0, 0.05) is 11.3 Å². The average molecular weight is 294 g/mol. The zero-order valence-corrected chi connectivity index (χ0v) is 12.7. The molecule has 1 aromatic heterocycles. The zero-order valence-electron chi connectivity index (χ0n) is 12.7. The number of hydrogen-bond acceptors (Lipinski definition) is 4. The van der Waals surface area contributed by atoms with E-state index in [1.54, 1.807) is 7.11 Å². The quantitative estimate of drug-likeness (QED) is 0.751. The SMILES string of the molecule is COc1ccc(Cn2c(C)nnc2-c2ccc(N)cc2)cc1. The summed E-state index contributed by atoms with van der Waals surface area (Å²) < 4.78 is 7.28. The van der Waals surface area contributed by atoms with Crippen molar-refractivity contribution in [3.63, 3.8) is 0 Å². The Morgan fingerprint density at radius 2 is 1.68 bits per heavy atom. The van der Waals surface area contributed by atoms with Gasteiger partial charge in [-0.2, -0.15) is 0 Å². The Morgan fingerprint density at radius 1 is 1.00 bits per heavy atom. The first-order valence-electron chi connectivity index (χ1n) is 7.06. The molecule has 0 fully saturated rings. The Hall–Kier alpha value is -2.82. The highest BCUT2D eigenvalue weighted by atomic mass is 16.5. The summed E-state index contributed by atoms with van der Waals surface area (Å²) in [5, 5.41) is 8.50. The third-order valence-corrected chi connectivity index (χ3v) is 3.60. The molecule has 1 heterocycles. The molecule has 0 aliphatic rings. The summed E-state index contributed by atoms with van der Waals surface area (Å²) in [4.78, 5) is 0. The Kier molecular flexibility index (Phi) is 3.78. The minimum atomic E-state index is 0.711. The zero-order chi connectivity index (χ0) is 15.5. The largest absolute Gasteiger partial charge is 0.497 e. The third-order valence-electron chi connectivity index (χ3n) is 3.60. The van der Waals surface area contributed by atoms with Gasteiger partial charge in [0.05, 0.1) is 13.7 Å². The van der Waals surface area contributed by atoms with E-state index in [0.717, 1.165) is 28.6 Å². The number of rotatable bonds is 4. The number of ether oxygens (including phenoxy) is 1. The minimum Gasteiger partial charge on any atom is -0.497 e. The number of aromatic nitrogens is 3. The van der Waals surface area contributed by atoms with E-state index < -0.39 is 0 Å². The van der Waals surface area contributed by atoms with E-state index in [2.05, 4.69) is 14.8 Å². The van der Waals surface area contributed by atoms with Gasteiger partial charge in [0.1, 0.15) is 11.6 Å². The summed E-state index contributed by atoms with van der Waals surface area (Å²) in [6, 6.07) is 15.7. The van der Waals surface area contributed by atoms with Crippen molar-refractivity contribution >= 4 is 5.69 Å². The van der Waals surface area contributed by atoms with Crippen molar-refractivity contribution in [3.8, 4) is 17.1 Å². The molecular formula is C17H18N4O. The molecule has 0 bridgehead atoms. The van der Waals surface area contributed by atoms with E-state index in [1.165, 1.54) is 5.56 Å². The second-order valence-corrected chi connectivity index (χ2v) is 5.13. The normalized spacial score (nSPS) is 10.6. The molecule has 0 radical (unpaired) electrons. The van der Waals surface area contributed by atoms with Gasteiger partial charge in [0.25, 0.3) is 0 Å². The predicted octanol–water partition coefficient (Wildman–Crippen LogP) is 2.89. The van der Waals surface area contributed by atoms with Crippen LogP contribution in [0.3, 0.4) is 0 Å². The minimum absolute atomic E-state index is 0.711. The van der Waals surface area contributed by atoms with Gasteiger partial charge in [-0.25, -0.2) is 0 Å². The summed E-state index contributed by atoms with van der Waals surface area (Å²) in [5.74, 6) is 2.57. The van der Waals surface area contributed by atoms with E-state index in [4.69, 9.17) is 10.5 Å². The van der Waals surface area contributed by atoms with Crippen LogP contribution in [-0.2, 0) is 6.54 Å². The molecule has 112 valence electrons.